The quantitative estimate of drug-likeness (QED) is 0.336. The number of halogens is 1. The Labute approximate surface area is 199 Å². The smallest absolute Gasteiger partial charge is 0.256 e. The molecule has 34 heavy (non-hydrogen) atoms. The van der Waals surface area contributed by atoms with Gasteiger partial charge in [-0.3, -0.25) is 14.4 Å². The van der Waals surface area contributed by atoms with E-state index in [-0.39, 0.29) is 28.3 Å². The molecule has 0 atom stereocenters. The van der Waals surface area contributed by atoms with Crippen molar-refractivity contribution in [1.29, 1.82) is 0 Å². The van der Waals surface area contributed by atoms with Crippen molar-refractivity contribution in [3.8, 4) is 0 Å². The first kappa shape index (κ1) is 21.8. The Morgan fingerprint density at radius 3 is 2.21 bits per heavy atom. The zero-order chi connectivity index (χ0) is 23.8. The van der Waals surface area contributed by atoms with Crippen LogP contribution in [-0.4, -0.2) is 17.5 Å². The summed E-state index contributed by atoms with van der Waals surface area (Å²) in [4.78, 5) is 41.2. The van der Waals surface area contributed by atoms with Crippen LogP contribution in [0.15, 0.2) is 94.7 Å². The summed E-state index contributed by atoms with van der Waals surface area (Å²) >= 11 is 1.25. The molecule has 166 valence electrons. The fourth-order valence-corrected chi connectivity index (χ4v) is 5.01. The van der Waals surface area contributed by atoms with Crippen LogP contribution in [0.5, 0.6) is 0 Å². The second-order valence-electron chi connectivity index (χ2n) is 7.95. The highest BCUT2D eigenvalue weighted by Crippen LogP contribution is 2.40. The molecular formula is C28H18FNO3S. The number of carbonyl (C=O) groups excluding carboxylic acids is 3. The molecule has 0 aromatic heterocycles. The van der Waals surface area contributed by atoms with Crippen LogP contribution in [0, 0.1) is 12.7 Å². The first-order chi connectivity index (χ1) is 16.4. The largest absolute Gasteiger partial charge is 0.322 e. The number of rotatable bonds is 4. The molecule has 0 saturated carbocycles. The zero-order valence-corrected chi connectivity index (χ0v) is 18.9. The highest BCUT2D eigenvalue weighted by Gasteiger charge is 2.34. The molecule has 0 unspecified atom stereocenters. The molecule has 0 saturated heterocycles. The first-order valence-electron chi connectivity index (χ1n) is 10.6. The lowest BCUT2D eigenvalue weighted by Crippen LogP contribution is -2.24. The number of nitrogens with one attached hydrogen (secondary N) is 1. The fourth-order valence-electron chi connectivity index (χ4n) is 3.93. The lowest BCUT2D eigenvalue weighted by molar-refractivity contribution is 0.0975. The van der Waals surface area contributed by atoms with Gasteiger partial charge in [-0.05, 0) is 49.4 Å². The van der Waals surface area contributed by atoms with Gasteiger partial charge in [0.1, 0.15) is 5.82 Å². The Morgan fingerprint density at radius 1 is 0.794 bits per heavy atom. The monoisotopic (exact) mass is 467 g/mol. The van der Waals surface area contributed by atoms with Crippen molar-refractivity contribution in [3.05, 3.63) is 124 Å². The topological polar surface area (TPSA) is 63.2 Å². The summed E-state index contributed by atoms with van der Waals surface area (Å²) in [5.41, 5.74) is 2.73. The molecule has 4 nitrogen and oxygen atoms in total. The molecule has 1 aliphatic rings. The van der Waals surface area contributed by atoms with Gasteiger partial charge >= 0.3 is 0 Å². The third-order valence-corrected chi connectivity index (χ3v) is 6.75. The summed E-state index contributed by atoms with van der Waals surface area (Å²) < 4.78 is 13.6. The van der Waals surface area contributed by atoms with Crippen molar-refractivity contribution in [2.75, 3.05) is 5.32 Å². The fraction of sp³-hybridized carbons (Fsp3) is 0.0357. The first-order valence-corrected chi connectivity index (χ1v) is 11.4. The summed E-state index contributed by atoms with van der Waals surface area (Å²) in [6.07, 6.45) is 0. The number of hydrogen-bond acceptors (Lipinski definition) is 4. The van der Waals surface area contributed by atoms with Crippen LogP contribution in [0.4, 0.5) is 10.1 Å². The van der Waals surface area contributed by atoms with Crippen molar-refractivity contribution >= 4 is 34.9 Å². The van der Waals surface area contributed by atoms with Crippen LogP contribution in [0.3, 0.4) is 0 Å². The van der Waals surface area contributed by atoms with Gasteiger partial charge < -0.3 is 5.32 Å². The van der Waals surface area contributed by atoms with E-state index in [0.29, 0.717) is 21.7 Å². The number of aryl methyl sites for hydroxylation is 1. The van der Waals surface area contributed by atoms with Gasteiger partial charge in [0.15, 0.2) is 11.6 Å². The molecule has 4 aromatic carbocycles. The number of amides is 1. The maximum Gasteiger partial charge on any atom is 0.256 e. The van der Waals surface area contributed by atoms with E-state index in [2.05, 4.69) is 5.32 Å². The van der Waals surface area contributed by atoms with Crippen LogP contribution >= 0.6 is 11.8 Å². The summed E-state index contributed by atoms with van der Waals surface area (Å²) in [6, 6.07) is 23.0. The van der Waals surface area contributed by atoms with Crippen LogP contribution < -0.4 is 5.32 Å². The molecule has 0 radical (unpaired) electrons. The van der Waals surface area contributed by atoms with Crippen LogP contribution in [0.1, 0.15) is 47.8 Å². The molecule has 1 amide bonds. The molecule has 5 rings (SSSR count). The standard InChI is InChI=1S/C28H18FNO3S/c1-16-9-11-19(12-10-16)34-27-23(28(33)30-18-6-4-5-17(29)15-18)14-13-22-24(27)26(32)21-8-3-2-7-20(21)25(22)31/h2-15H,1H3,(H,30,33). The van der Waals surface area contributed by atoms with E-state index < -0.39 is 11.7 Å². The number of benzene rings is 4. The van der Waals surface area contributed by atoms with Gasteiger partial charge in [-0.1, -0.05) is 59.8 Å². The normalized spacial score (nSPS) is 12.2. The molecule has 0 bridgehead atoms. The third-order valence-electron chi connectivity index (χ3n) is 5.61. The maximum atomic E-state index is 13.6. The summed E-state index contributed by atoms with van der Waals surface area (Å²) in [5.74, 6) is -1.54. The van der Waals surface area contributed by atoms with E-state index in [0.717, 1.165) is 10.5 Å². The van der Waals surface area contributed by atoms with Gasteiger partial charge in [0, 0.05) is 37.7 Å². The highest BCUT2D eigenvalue weighted by molar-refractivity contribution is 7.99. The molecular weight excluding hydrogens is 449 g/mol. The van der Waals surface area contributed by atoms with E-state index in [4.69, 9.17) is 0 Å². The van der Waals surface area contributed by atoms with E-state index in [1.165, 1.54) is 36.0 Å². The van der Waals surface area contributed by atoms with Crippen LogP contribution in [0.25, 0.3) is 0 Å². The minimum atomic E-state index is -0.498. The maximum absolute atomic E-state index is 13.6. The van der Waals surface area contributed by atoms with Crippen molar-refractivity contribution in [2.45, 2.75) is 16.7 Å². The van der Waals surface area contributed by atoms with Gasteiger partial charge in [-0.15, -0.1) is 0 Å². The molecule has 6 heteroatoms. The van der Waals surface area contributed by atoms with Crippen molar-refractivity contribution in [3.63, 3.8) is 0 Å². The van der Waals surface area contributed by atoms with E-state index in [9.17, 15) is 18.8 Å². The molecule has 0 spiro atoms. The summed E-state index contributed by atoms with van der Waals surface area (Å²) in [5, 5.41) is 2.70. The van der Waals surface area contributed by atoms with Crippen molar-refractivity contribution in [2.24, 2.45) is 0 Å². The number of carbonyl (C=O) groups is 3. The van der Waals surface area contributed by atoms with Gasteiger partial charge in [0.05, 0.1) is 5.56 Å². The third kappa shape index (κ3) is 3.93. The van der Waals surface area contributed by atoms with E-state index in [1.807, 2.05) is 31.2 Å². The van der Waals surface area contributed by atoms with E-state index >= 15 is 0 Å². The Bertz CT molecular complexity index is 1480. The van der Waals surface area contributed by atoms with Crippen molar-refractivity contribution < 1.29 is 18.8 Å². The molecule has 0 aliphatic heterocycles. The van der Waals surface area contributed by atoms with Gasteiger partial charge in [-0.2, -0.15) is 0 Å². The predicted molar refractivity (Wildman–Crippen MR) is 129 cm³/mol. The molecule has 4 aromatic rings. The van der Waals surface area contributed by atoms with Crippen LogP contribution in [0.2, 0.25) is 0 Å². The van der Waals surface area contributed by atoms with Gasteiger partial charge in [-0.25, -0.2) is 4.39 Å². The lowest BCUT2D eigenvalue weighted by Gasteiger charge is -2.22. The second kappa shape index (κ2) is 8.72. The van der Waals surface area contributed by atoms with Crippen LogP contribution in [-0.2, 0) is 0 Å². The SMILES string of the molecule is Cc1ccc(Sc2c(C(=O)Nc3cccc(F)c3)ccc3c2C(=O)c2ccccc2C3=O)cc1. The Morgan fingerprint density at radius 2 is 1.50 bits per heavy atom. The van der Waals surface area contributed by atoms with Gasteiger partial charge in [0.2, 0.25) is 0 Å². The van der Waals surface area contributed by atoms with Crippen molar-refractivity contribution in [1.82, 2.24) is 0 Å². The molecule has 0 fully saturated rings. The molecule has 1 N–H and O–H groups in total. The minimum absolute atomic E-state index is 0.209. The average Bonchev–Trinajstić information content (AvgIpc) is 2.83. The number of ketones is 2. The molecule has 0 heterocycles. The number of hydrogen-bond donors (Lipinski definition) is 1. The minimum Gasteiger partial charge on any atom is -0.322 e. The second-order valence-corrected chi connectivity index (χ2v) is 9.03. The summed E-state index contributed by atoms with van der Waals surface area (Å²) in [7, 11) is 0. The lowest BCUT2D eigenvalue weighted by atomic mass is 9.83. The Kier molecular flexibility index (Phi) is 5.59. The average molecular weight is 468 g/mol. The predicted octanol–water partition coefficient (Wildman–Crippen LogP) is 6.31. The Hall–Kier alpha value is -4.03. The van der Waals surface area contributed by atoms with Gasteiger partial charge in [0.25, 0.3) is 5.91 Å². The highest BCUT2D eigenvalue weighted by atomic mass is 32.2. The summed E-state index contributed by atoms with van der Waals surface area (Å²) in [6.45, 7) is 1.97. The number of fused-ring (bicyclic) bond motifs is 2. The Balaban J connectivity index is 1.66. The van der Waals surface area contributed by atoms with E-state index in [1.54, 1.807) is 36.4 Å². The zero-order valence-electron chi connectivity index (χ0n) is 18.1. The number of anilines is 1. The molecule has 1 aliphatic carbocycles.